The molecule has 0 atom stereocenters. The Morgan fingerprint density at radius 3 is 2.73 bits per heavy atom. The lowest BCUT2D eigenvalue weighted by atomic mass is 10.00. The maximum Gasteiger partial charge on any atom is 0.0471 e. The van der Waals surface area contributed by atoms with Crippen molar-refractivity contribution in [3.63, 3.8) is 0 Å². The Kier molecular flexibility index (Phi) is 4.24. The molecule has 1 saturated heterocycles. The van der Waals surface area contributed by atoms with Gasteiger partial charge in [0.05, 0.1) is 0 Å². The van der Waals surface area contributed by atoms with E-state index < -0.39 is 0 Å². The van der Waals surface area contributed by atoms with Crippen molar-refractivity contribution in [3.05, 3.63) is 12.2 Å². The molecule has 1 rings (SSSR count). The Morgan fingerprint density at radius 2 is 2.09 bits per heavy atom. The number of allylic oxidation sites excluding steroid dienone is 1. The molecule has 11 heavy (non-hydrogen) atoms. The maximum absolute atomic E-state index is 5.37. The molecule has 0 aromatic heterocycles. The van der Waals surface area contributed by atoms with Crippen LogP contribution in [0.1, 0.15) is 19.3 Å². The summed E-state index contributed by atoms with van der Waals surface area (Å²) in [6.07, 6.45) is 7.85. The van der Waals surface area contributed by atoms with E-state index in [9.17, 15) is 0 Å². The fourth-order valence-corrected chi connectivity index (χ4v) is 1.29. The van der Waals surface area contributed by atoms with Gasteiger partial charge in [-0.2, -0.15) is 0 Å². The Hall–Kier alpha value is -0.340. The summed E-state index contributed by atoms with van der Waals surface area (Å²) in [5.74, 6) is 0.746. The van der Waals surface area contributed by atoms with Crippen molar-refractivity contribution in [2.24, 2.45) is 11.7 Å². The molecule has 1 aliphatic heterocycles. The van der Waals surface area contributed by atoms with Crippen LogP contribution in [0.2, 0.25) is 0 Å². The molecule has 1 heterocycles. The predicted molar refractivity (Wildman–Crippen MR) is 46.4 cm³/mol. The van der Waals surface area contributed by atoms with E-state index in [0.29, 0.717) is 0 Å². The molecule has 0 bridgehead atoms. The molecule has 0 aliphatic carbocycles. The largest absolute Gasteiger partial charge is 0.381 e. The smallest absolute Gasteiger partial charge is 0.0471 e. The zero-order chi connectivity index (χ0) is 7.94. The number of hydrogen-bond acceptors (Lipinski definition) is 2. The van der Waals surface area contributed by atoms with Gasteiger partial charge in [0.15, 0.2) is 0 Å². The van der Waals surface area contributed by atoms with Gasteiger partial charge in [0, 0.05) is 13.2 Å². The van der Waals surface area contributed by atoms with E-state index >= 15 is 0 Å². The van der Waals surface area contributed by atoms with E-state index in [0.717, 1.165) is 32.1 Å². The molecule has 0 aromatic rings. The van der Waals surface area contributed by atoms with E-state index in [4.69, 9.17) is 10.5 Å². The average molecular weight is 155 g/mol. The molecular weight excluding hydrogens is 138 g/mol. The van der Waals surface area contributed by atoms with Gasteiger partial charge in [0.2, 0.25) is 0 Å². The maximum atomic E-state index is 5.37. The Labute approximate surface area is 68.4 Å². The van der Waals surface area contributed by atoms with Gasteiger partial charge in [-0.15, -0.1) is 0 Å². The molecule has 2 N–H and O–H groups in total. The molecule has 0 amide bonds. The first-order valence-corrected chi connectivity index (χ1v) is 4.38. The van der Waals surface area contributed by atoms with Crippen LogP contribution in [0.3, 0.4) is 0 Å². The van der Waals surface area contributed by atoms with Gasteiger partial charge >= 0.3 is 0 Å². The zero-order valence-corrected chi connectivity index (χ0v) is 6.96. The fraction of sp³-hybridized carbons (Fsp3) is 0.778. The van der Waals surface area contributed by atoms with E-state index in [-0.39, 0.29) is 0 Å². The monoisotopic (exact) mass is 155 g/mol. The van der Waals surface area contributed by atoms with Crippen LogP contribution in [0.5, 0.6) is 0 Å². The molecular formula is C9H17NO. The van der Waals surface area contributed by atoms with Crippen molar-refractivity contribution in [2.75, 3.05) is 19.8 Å². The second kappa shape index (κ2) is 5.33. The van der Waals surface area contributed by atoms with Crippen LogP contribution in [0.4, 0.5) is 0 Å². The quantitative estimate of drug-likeness (QED) is 0.624. The molecule has 1 fully saturated rings. The third kappa shape index (κ3) is 3.54. The lowest BCUT2D eigenvalue weighted by Gasteiger charge is -2.18. The van der Waals surface area contributed by atoms with Crippen molar-refractivity contribution in [1.29, 1.82) is 0 Å². The van der Waals surface area contributed by atoms with Gasteiger partial charge in [0.1, 0.15) is 0 Å². The minimum absolute atomic E-state index is 0.746. The summed E-state index contributed by atoms with van der Waals surface area (Å²) in [6.45, 7) is 2.62. The number of nitrogens with two attached hydrogens (primary N) is 1. The van der Waals surface area contributed by atoms with E-state index in [1.165, 1.54) is 12.8 Å². The molecule has 0 unspecified atom stereocenters. The number of rotatable bonds is 3. The second-order valence-corrected chi connectivity index (χ2v) is 2.96. The zero-order valence-electron chi connectivity index (χ0n) is 6.96. The van der Waals surface area contributed by atoms with E-state index in [2.05, 4.69) is 12.2 Å². The van der Waals surface area contributed by atoms with Gasteiger partial charge in [-0.25, -0.2) is 0 Å². The van der Waals surface area contributed by atoms with Crippen molar-refractivity contribution >= 4 is 0 Å². The highest BCUT2D eigenvalue weighted by Crippen LogP contribution is 2.15. The minimum atomic E-state index is 0.746. The van der Waals surface area contributed by atoms with E-state index in [1.54, 1.807) is 0 Å². The molecule has 0 radical (unpaired) electrons. The summed E-state index contributed by atoms with van der Waals surface area (Å²) in [7, 11) is 0. The summed E-state index contributed by atoms with van der Waals surface area (Å²) in [5, 5.41) is 0. The summed E-state index contributed by atoms with van der Waals surface area (Å²) in [4.78, 5) is 0. The van der Waals surface area contributed by atoms with Gasteiger partial charge in [0.25, 0.3) is 0 Å². The minimum Gasteiger partial charge on any atom is -0.381 e. The van der Waals surface area contributed by atoms with Gasteiger partial charge in [-0.3, -0.25) is 0 Å². The standard InChI is InChI=1S/C9H17NO/c10-6-2-1-3-9-4-7-11-8-5-9/h1,3,9H,2,4-8,10H2. The molecule has 1 aliphatic rings. The van der Waals surface area contributed by atoms with Crippen LogP contribution >= 0.6 is 0 Å². The van der Waals surface area contributed by atoms with Crippen molar-refractivity contribution in [3.8, 4) is 0 Å². The Balaban J connectivity index is 2.13. The molecule has 0 spiro atoms. The lowest BCUT2D eigenvalue weighted by molar-refractivity contribution is 0.0785. The SMILES string of the molecule is NCCC=CC1CCOCC1. The third-order valence-corrected chi connectivity index (χ3v) is 2.01. The van der Waals surface area contributed by atoms with Crippen LogP contribution in [-0.2, 0) is 4.74 Å². The Bertz CT molecular complexity index is 117. The molecule has 2 heteroatoms. The van der Waals surface area contributed by atoms with Crippen LogP contribution < -0.4 is 5.73 Å². The van der Waals surface area contributed by atoms with Gasteiger partial charge in [-0.1, -0.05) is 12.2 Å². The highest BCUT2D eigenvalue weighted by molar-refractivity contribution is 4.89. The third-order valence-electron chi connectivity index (χ3n) is 2.01. The first-order chi connectivity index (χ1) is 5.43. The van der Waals surface area contributed by atoms with Crippen molar-refractivity contribution in [2.45, 2.75) is 19.3 Å². The molecule has 0 aromatic carbocycles. The van der Waals surface area contributed by atoms with Crippen molar-refractivity contribution < 1.29 is 4.74 Å². The number of ether oxygens (including phenoxy) is 1. The second-order valence-electron chi connectivity index (χ2n) is 2.96. The number of hydrogen-bond donors (Lipinski definition) is 1. The van der Waals surface area contributed by atoms with Crippen LogP contribution in [0, 0.1) is 5.92 Å². The van der Waals surface area contributed by atoms with Crippen LogP contribution in [0.15, 0.2) is 12.2 Å². The highest BCUT2D eigenvalue weighted by atomic mass is 16.5. The molecule has 2 nitrogen and oxygen atoms in total. The highest BCUT2D eigenvalue weighted by Gasteiger charge is 2.09. The summed E-state index contributed by atoms with van der Waals surface area (Å²) in [5.41, 5.74) is 5.37. The van der Waals surface area contributed by atoms with Gasteiger partial charge in [-0.05, 0) is 31.7 Å². The predicted octanol–water partition coefficient (Wildman–Crippen LogP) is 1.32. The van der Waals surface area contributed by atoms with Crippen LogP contribution in [0.25, 0.3) is 0 Å². The summed E-state index contributed by atoms with van der Waals surface area (Å²) in [6, 6.07) is 0. The summed E-state index contributed by atoms with van der Waals surface area (Å²) >= 11 is 0. The molecule has 64 valence electrons. The normalized spacial score (nSPS) is 21.2. The molecule has 0 saturated carbocycles. The fourth-order valence-electron chi connectivity index (χ4n) is 1.29. The topological polar surface area (TPSA) is 35.2 Å². The lowest BCUT2D eigenvalue weighted by Crippen LogP contribution is -2.13. The Morgan fingerprint density at radius 1 is 1.36 bits per heavy atom. The van der Waals surface area contributed by atoms with Gasteiger partial charge < -0.3 is 10.5 Å². The summed E-state index contributed by atoms with van der Waals surface area (Å²) < 4.78 is 5.25. The van der Waals surface area contributed by atoms with Crippen molar-refractivity contribution in [1.82, 2.24) is 0 Å². The average Bonchev–Trinajstić information content (AvgIpc) is 2.07. The van der Waals surface area contributed by atoms with Crippen LogP contribution in [-0.4, -0.2) is 19.8 Å². The first-order valence-electron chi connectivity index (χ1n) is 4.38. The first kappa shape index (κ1) is 8.75. The van der Waals surface area contributed by atoms with E-state index in [1.807, 2.05) is 0 Å².